The maximum Gasteiger partial charge on any atom is 0.494 e. The molecule has 5 rings (SSSR count). The summed E-state index contributed by atoms with van der Waals surface area (Å²) in [4.78, 5) is 19.0. The third-order valence-electron chi connectivity index (χ3n) is 14.4. The van der Waals surface area contributed by atoms with Crippen LogP contribution < -0.4 is 10.4 Å². The SMILES string of the molecule is BC1(B)N([C@H]2C[C@@H](N3C(=O)C(C)(C)c4ccc(B5OC(C)(C)C(C)(C)O5)cc43)C2)C(B)(B)C(B)(B)C(B)(B)C1(B)B. The minimum Gasteiger partial charge on any atom is -0.399 e. The Hall–Kier alpha value is -0.716. The number of carbonyl (C=O) groups is 1. The number of nitrogens with zero attached hydrogens (tertiary/aromatic N) is 2. The standard InChI is InChI=1S/C25H47B11N2O3/c1-18(2)15-8-7-12(36-40-19(3,4)20(5,6)41-36)9-16(15)37(17(18)39)13-10-14(11-13)38-24(32,33)22(28,29)21(26,27)23(30,31)25(38,34)35/h7-9,13-14H,10-11,26-35H2,1-6H3/t13-,14+. The topological polar surface area (TPSA) is 42.0 Å². The second-order valence-electron chi connectivity index (χ2n) is 17.8. The Labute approximate surface area is 259 Å². The van der Waals surface area contributed by atoms with Crippen molar-refractivity contribution in [2.75, 3.05) is 4.90 Å². The van der Waals surface area contributed by atoms with Gasteiger partial charge in [-0.3, -0.25) is 4.79 Å². The number of fused-ring (bicyclic) bond motifs is 1. The van der Waals surface area contributed by atoms with E-state index in [0.717, 1.165) is 29.6 Å². The van der Waals surface area contributed by atoms with Crippen molar-refractivity contribution in [2.45, 2.75) is 109 Å². The number of amides is 1. The first kappa shape index (κ1) is 31.7. The van der Waals surface area contributed by atoms with Crippen LogP contribution in [0.2, 0.25) is 15.6 Å². The van der Waals surface area contributed by atoms with Crippen molar-refractivity contribution in [1.29, 1.82) is 0 Å². The van der Waals surface area contributed by atoms with E-state index in [4.69, 9.17) is 9.31 Å². The molecule has 1 aromatic carbocycles. The zero-order valence-electron chi connectivity index (χ0n) is 29.0. The summed E-state index contributed by atoms with van der Waals surface area (Å²) in [6, 6.07) is 7.00. The van der Waals surface area contributed by atoms with Crippen LogP contribution in [0.3, 0.4) is 0 Å². The first-order valence-electron chi connectivity index (χ1n) is 15.9. The number of hydrogen-bond acceptors (Lipinski definition) is 4. The van der Waals surface area contributed by atoms with E-state index >= 15 is 0 Å². The quantitative estimate of drug-likeness (QED) is 0.357. The van der Waals surface area contributed by atoms with Gasteiger partial charge in [0.25, 0.3) is 0 Å². The van der Waals surface area contributed by atoms with Crippen LogP contribution in [0.25, 0.3) is 0 Å². The maximum absolute atomic E-state index is 14.0. The monoisotopic (exact) mass is 544 g/mol. The Kier molecular flexibility index (Phi) is 6.74. The molecule has 0 atom stereocenters. The van der Waals surface area contributed by atoms with Gasteiger partial charge in [0.15, 0.2) is 0 Å². The average Bonchev–Trinajstić information content (AvgIpc) is 3.13. The second kappa shape index (κ2) is 8.71. The maximum atomic E-state index is 14.0. The Morgan fingerprint density at radius 3 is 1.66 bits per heavy atom. The first-order chi connectivity index (χ1) is 18.3. The van der Waals surface area contributed by atoms with E-state index in [1.807, 2.05) is 0 Å². The number of hydrogen-bond donors (Lipinski definition) is 0. The van der Waals surface area contributed by atoms with Gasteiger partial charge in [-0.1, -0.05) is 22.6 Å². The normalized spacial score (nSPS) is 33.2. The van der Waals surface area contributed by atoms with E-state index in [1.165, 1.54) is 0 Å². The molecule has 41 heavy (non-hydrogen) atoms. The lowest BCUT2D eigenvalue weighted by Crippen LogP contribution is -2.83. The molecule has 5 nitrogen and oxygen atoms in total. The highest BCUT2D eigenvalue weighted by Gasteiger charge is 2.68. The lowest BCUT2D eigenvalue weighted by Gasteiger charge is -2.79. The molecule has 16 heteroatoms. The van der Waals surface area contributed by atoms with E-state index in [1.54, 1.807) is 0 Å². The van der Waals surface area contributed by atoms with E-state index < -0.39 is 23.7 Å². The number of piperidine rings is 1. The fourth-order valence-corrected chi connectivity index (χ4v) is 8.80. The zero-order valence-corrected chi connectivity index (χ0v) is 29.0. The number of rotatable bonds is 3. The molecule has 0 spiro atoms. The lowest BCUT2D eigenvalue weighted by atomic mass is 9.05. The number of benzene rings is 1. The highest BCUT2D eigenvalue weighted by Crippen LogP contribution is 2.70. The van der Waals surface area contributed by atoms with Crippen LogP contribution in [0.1, 0.15) is 59.9 Å². The average molecular weight is 543 g/mol. The van der Waals surface area contributed by atoms with Crippen molar-refractivity contribution < 1.29 is 14.1 Å². The van der Waals surface area contributed by atoms with Gasteiger partial charge in [-0.05, 0) is 82.2 Å². The molecule has 208 valence electrons. The van der Waals surface area contributed by atoms with Crippen LogP contribution >= 0.6 is 0 Å². The molecule has 0 unspecified atom stereocenters. The molecule has 3 fully saturated rings. The Bertz CT molecular complexity index is 1250. The summed E-state index contributed by atoms with van der Waals surface area (Å²) >= 11 is 0. The minimum atomic E-state index is -0.549. The molecule has 0 radical (unpaired) electrons. The van der Waals surface area contributed by atoms with Crippen molar-refractivity contribution in [3.63, 3.8) is 0 Å². The van der Waals surface area contributed by atoms with Crippen molar-refractivity contribution in [2.24, 2.45) is 0 Å². The highest BCUT2D eigenvalue weighted by molar-refractivity contribution is 6.70. The molecule has 1 amide bonds. The molecule has 1 aliphatic carbocycles. The lowest BCUT2D eigenvalue weighted by molar-refractivity contribution is -0.123. The van der Waals surface area contributed by atoms with Gasteiger partial charge in [0, 0.05) is 17.8 Å². The predicted molar refractivity (Wildman–Crippen MR) is 200 cm³/mol. The van der Waals surface area contributed by atoms with Gasteiger partial charge in [0.2, 0.25) is 5.91 Å². The Morgan fingerprint density at radius 2 is 1.20 bits per heavy atom. The highest BCUT2D eigenvalue weighted by atomic mass is 16.7. The Balaban J connectivity index is 1.46. The summed E-state index contributed by atoms with van der Waals surface area (Å²) < 4.78 is 12.8. The first-order valence-corrected chi connectivity index (χ1v) is 15.9. The van der Waals surface area contributed by atoms with Crippen molar-refractivity contribution in [3.05, 3.63) is 23.8 Å². The smallest absolute Gasteiger partial charge is 0.399 e. The minimum absolute atomic E-state index is 0.0126. The number of anilines is 1. The third kappa shape index (κ3) is 3.84. The molecular formula is C25H47B11N2O3. The summed E-state index contributed by atoms with van der Waals surface area (Å²) in [5, 5.41) is 0.271. The fourth-order valence-electron chi connectivity index (χ4n) is 8.80. The van der Waals surface area contributed by atoms with Gasteiger partial charge in [0.1, 0.15) is 31.4 Å². The fraction of sp³-hybridized carbons (Fsp3) is 0.720. The molecule has 2 saturated heterocycles. The van der Waals surface area contributed by atoms with Gasteiger partial charge in [-0.25, -0.2) is 0 Å². The Morgan fingerprint density at radius 1 is 0.732 bits per heavy atom. The van der Waals surface area contributed by atoms with Gasteiger partial charge < -0.3 is 19.1 Å². The second-order valence-corrected chi connectivity index (χ2v) is 17.8. The molecule has 0 aromatic heterocycles. The largest absolute Gasteiger partial charge is 0.494 e. The van der Waals surface area contributed by atoms with Crippen LogP contribution in [0.15, 0.2) is 18.2 Å². The summed E-state index contributed by atoms with van der Waals surface area (Å²) in [7, 11) is 24.2. The van der Waals surface area contributed by atoms with Gasteiger partial charge >= 0.3 is 7.12 Å². The summed E-state index contributed by atoms with van der Waals surface area (Å²) in [6.07, 6.45) is 1.98. The molecular weight excluding hydrogens is 495 g/mol. The summed E-state index contributed by atoms with van der Waals surface area (Å²) in [6.45, 7) is 12.5. The summed E-state index contributed by atoms with van der Waals surface area (Å²) in [5.74, 6) is 0.209. The molecule has 3 aliphatic heterocycles. The van der Waals surface area contributed by atoms with Gasteiger partial charge in [-0.2, -0.15) is 0 Å². The van der Waals surface area contributed by atoms with Crippen LogP contribution in [-0.2, 0) is 19.5 Å². The molecule has 1 aromatic rings. The van der Waals surface area contributed by atoms with Crippen LogP contribution in [0, 0.1) is 0 Å². The molecule has 3 heterocycles. The van der Waals surface area contributed by atoms with E-state index in [9.17, 15) is 4.79 Å². The molecule has 0 bridgehead atoms. The number of carbonyl (C=O) groups excluding carboxylic acids is 1. The predicted octanol–water partition coefficient (Wildman–Crippen LogP) is -6.56. The van der Waals surface area contributed by atoms with Crippen LogP contribution in [0.4, 0.5) is 5.69 Å². The van der Waals surface area contributed by atoms with Crippen molar-refractivity contribution in [3.8, 4) is 0 Å². The van der Waals surface area contributed by atoms with E-state index in [0.29, 0.717) is 6.04 Å². The third-order valence-corrected chi connectivity index (χ3v) is 14.4. The summed E-state index contributed by atoms with van der Waals surface area (Å²) in [5.41, 5.74) is 1.77. The molecule has 0 N–H and O–H groups in total. The van der Waals surface area contributed by atoms with Crippen molar-refractivity contribution in [1.82, 2.24) is 4.90 Å². The van der Waals surface area contributed by atoms with Crippen LogP contribution in [-0.4, -0.2) is 130 Å². The van der Waals surface area contributed by atoms with Gasteiger partial charge in [-0.15, -0.1) is 5.21 Å². The molecule has 1 saturated carbocycles. The van der Waals surface area contributed by atoms with Crippen molar-refractivity contribution >= 4 is 103 Å². The van der Waals surface area contributed by atoms with Gasteiger partial charge in [0.05, 0.1) is 63.7 Å². The molecule has 4 aliphatic rings. The number of likely N-dealkylation sites (tertiary alicyclic amines) is 1. The van der Waals surface area contributed by atoms with E-state index in [-0.39, 0.29) is 38.3 Å². The zero-order chi connectivity index (χ0) is 31.1. The van der Waals surface area contributed by atoms with E-state index in [2.05, 4.69) is 148 Å². The van der Waals surface area contributed by atoms with Crippen LogP contribution in [0.5, 0.6) is 0 Å².